The zero-order valence-electron chi connectivity index (χ0n) is 15.0. The van der Waals surface area contributed by atoms with Crippen molar-refractivity contribution in [3.63, 3.8) is 0 Å². The van der Waals surface area contributed by atoms with Crippen molar-refractivity contribution in [2.75, 3.05) is 13.1 Å². The van der Waals surface area contributed by atoms with Gasteiger partial charge in [0.15, 0.2) is 5.67 Å². The molecule has 4 rings (SSSR count). The number of halogens is 1. The summed E-state index contributed by atoms with van der Waals surface area (Å²) in [6, 6.07) is 12.4. The maximum Gasteiger partial charge on any atom is 0.264 e. The molecule has 0 saturated carbocycles. The lowest BCUT2D eigenvalue weighted by Gasteiger charge is -2.33. The van der Waals surface area contributed by atoms with Crippen LogP contribution in [0.5, 0.6) is 0 Å². The lowest BCUT2D eigenvalue weighted by Crippen LogP contribution is -2.43. The molecule has 146 valence electrons. The zero-order chi connectivity index (χ0) is 19.6. The van der Waals surface area contributed by atoms with Crippen molar-refractivity contribution in [1.29, 1.82) is 0 Å². The van der Waals surface area contributed by atoms with Crippen LogP contribution in [0, 0.1) is 0 Å². The van der Waals surface area contributed by atoms with Gasteiger partial charge in [0.05, 0.1) is 5.75 Å². The maximum absolute atomic E-state index is 15.4. The monoisotopic (exact) mass is 402 g/mol. The Balaban J connectivity index is 1.45. The average molecular weight is 402 g/mol. The van der Waals surface area contributed by atoms with Gasteiger partial charge >= 0.3 is 0 Å². The number of piperidine rings is 1. The number of benzene rings is 1. The minimum atomic E-state index is -3.51. The fourth-order valence-corrected chi connectivity index (χ4v) is 4.77. The summed E-state index contributed by atoms with van der Waals surface area (Å²) in [5.74, 6) is 0.0767. The molecule has 7 nitrogen and oxygen atoms in total. The fourth-order valence-electron chi connectivity index (χ4n) is 3.23. The summed E-state index contributed by atoms with van der Waals surface area (Å²) in [4.78, 5) is 8.10. The van der Waals surface area contributed by atoms with E-state index in [1.165, 1.54) is 4.31 Å². The molecule has 0 atom stereocenters. The minimum Gasteiger partial charge on any atom is -0.335 e. The number of hydrogen-bond acceptors (Lipinski definition) is 6. The largest absolute Gasteiger partial charge is 0.335 e. The molecule has 0 unspecified atom stereocenters. The summed E-state index contributed by atoms with van der Waals surface area (Å²) in [5, 5.41) is 3.84. The molecule has 1 fully saturated rings. The number of aromatic nitrogens is 3. The van der Waals surface area contributed by atoms with Gasteiger partial charge in [-0.25, -0.2) is 17.1 Å². The second kappa shape index (κ2) is 7.40. The third-order valence-electron chi connectivity index (χ3n) is 4.85. The summed E-state index contributed by atoms with van der Waals surface area (Å²) < 4.78 is 47.2. The van der Waals surface area contributed by atoms with E-state index in [1.54, 1.807) is 48.8 Å². The highest BCUT2D eigenvalue weighted by molar-refractivity contribution is 7.88. The molecular weight excluding hydrogens is 383 g/mol. The summed E-state index contributed by atoms with van der Waals surface area (Å²) in [6.45, 7) is 0.136. The summed E-state index contributed by atoms with van der Waals surface area (Å²) >= 11 is 0. The molecule has 1 aromatic carbocycles. The summed E-state index contributed by atoms with van der Waals surface area (Å²) in [7, 11) is -3.51. The van der Waals surface area contributed by atoms with E-state index in [0.29, 0.717) is 11.1 Å². The van der Waals surface area contributed by atoms with Gasteiger partial charge in [0.2, 0.25) is 15.8 Å². The lowest BCUT2D eigenvalue weighted by atomic mass is 9.94. The van der Waals surface area contributed by atoms with Crippen LogP contribution >= 0.6 is 0 Å². The Labute approximate surface area is 162 Å². The SMILES string of the molecule is O=S(=O)(Cc1ccccc1)N1CCC(F)(c2nc(-c3ccncc3)no2)CC1. The molecule has 1 aliphatic heterocycles. The molecule has 0 spiro atoms. The standard InChI is InChI=1S/C19H19FN4O3S/c20-19(18-22-17(23-27-18)16-6-10-21-11-7-16)8-12-24(13-9-19)28(25,26)14-15-4-2-1-3-5-15/h1-7,10-11H,8-9,12-14H2. The molecule has 0 amide bonds. The van der Waals surface area contributed by atoms with Crippen molar-refractivity contribution in [3.05, 3.63) is 66.3 Å². The molecule has 0 aliphatic carbocycles. The molecule has 1 aliphatic rings. The molecule has 0 N–H and O–H groups in total. The predicted molar refractivity (Wildman–Crippen MR) is 100 cm³/mol. The van der Waals surface area contributed by atoms with Gasteiger partial charge in [0, 0.05) is 43.9 Å². The van der Waals surface area contributed by atoms with Crippen LogP contribution in [-0.4, -0.2) is 40.9 Å². The summed E-state index contributed by atoms with van der Waals surface area (Å²) in [5.41, 5.74) is -0.452. The van der Waals surface area contributed by atoms with E-state index in [4.69, 9.17) is 4.52 Å². The van der Waals surface area contributed by atoms with Gasteiger partial charge in [0.1, 0.15) is 0 Å². The van der Waals surface area contributed by atoms with Crippen molar-refractivity contribution in [3.8, 4) is 11.4 Å². The van der Waals surface area contributed by atoms with E-state index in [0.717, 1.165) is 0 Å². The van der Waals surface area contributed by atoms with E-state index < -0.39 is 15.7 Å². The highest BCUT2D eigenvalue weighted by Gasteiger charge is 2.43. The normalized spacial score (nSPS) is 17.5. The molecular formula is C19H19FN4O3S. The smallest absolute Gasteiger partial charge is 0.264 e. The predicted octanol–water partition coefficient (Wildman–Crippen LogP) is 2.92. The first-order chi connectivity index (χ1) is 13.5. The number of alkyl halides is 1. The Morgan fingerprint density at radius 2 is 1.75 bits per heavy atom. The first-order valence-corrected chi connectivity index (χ1v) is 10.5. The quantitative estimate of drug-likeness (QED) is 0.652. The van der Waals surface area contributed by atoms with Crippen LogP contribution in [-0.2, 0) is 21.4 Å². The van der Waals surface area contributed by atoms with Crippen molar-refractivity contribution in [1.82, 2.24) is 19.4 Å². The molecule has 3 heterocycles. The van der Waals surface area contributed by atoms with E-state index in [-0.39, 0.29) is 43.4 Å². The third kappa shape index (κ3) is 3.81. The topological polar surface area (TPSA) is 89.2 Å². The Hall–Kier alpha value is -2.65. The van der Waals surface area contributed by atoms with Gasteiger partial charge in [0.25, 0.3) is 5.89 Å². The molecule has 9 heteroatoms. The Kier molecular flexibility index (Phi) is 4.94. The van der Waals surface area contributed by atoms with Crippen LogP contribution in [0.3, 0.4) is 0 Å². The molecule has 2 aromatic heterocycles. The van der Waals surface area contributed by atoms with E-state index >= 15 is 4.39 Å². The van der Waals surface area contributed by atoms with E-state index in [1.807, 2.05) is 6.07 Å². The second-order valence-electron chi connectivity index (χ2n) is 6.77. The van der Waals surface area contributed by atoms with Crippen molar-refractivity contribution in [2.24, 2.45) is 0 Å². The molecule has 0 bridgehead atoms. The highest BCUT2D eigenvalue weighted by atomic mass is 32.2. The van der Waals surface area contributed by atoms with Crippen LogP contribution in [0.1, 0.15) is 24.3 Å². The molecule has 0 radical (unpaired) electrons. The van der Waals surface area contributed by atoms with Crippen LogP contribution < -0.4 is 0 Å². The van der Waals surface area contributed by atoms with Gasteiger partial charge < -0.3 is 4.52 Å². The van der Waals surface area contributed by atoms with Gasteiger partial charge in [-0.2, -0.15) is 4.98 Å². The van der Waals surface area contributed by atoms with Gasteiger partial charge in [-0.15, -0.1) is 0 Å². The van der Waals surface area contributed by atoms with Gasteiger partial charge in [-0.05, 0) is 17.7 Å². The first-order valence-electron chi connectivity index (χ1n) is 8.92. The lowest BCUT2D eigenvalue weighted by molar-refractivity contribution is 0.0511. The number of nitrogens with zero attached hydrogens (tertiary/aromatic N) is 4. The maximum atomic E-state index is 15.4. The number of hydrogen-bond donors (Lipinski definition) is 0. The number of pyridine rings is 1. The van der Waals surface area contributed by atoms with E-state index in [9.17, 15) is 8.42 Å². The van der Waals surface area contributed by atoms with Crippen LogP contribution in [0.25, 0.3) is 11.4 Å². The Bertz CT molecular complexity index is 1030. The number of rotatable bonds is 5. The minimum absolute atomic E-state index is 0.0288. The second-order valence-corrected chi connectivity index (χ2v) is 8.73. The Morgan fingerprint density at radius 1 is 1.07 bits per heavy atom. The third-order valence-corrected chi connectivity index (χ3v) is 6.70. The van der Waals surface area contributed by atoms with Gasteiger partial charge in [-0.3, -0.25) is 4.98 Å². The Morgan fingerprint density at radius 3 is 2.43 bits per heavy atom. The molecule has 3 aromatic rings. The zero-order valence-corrected chi connectivity index (χ0v) is 15.8. The van der Waals surface area contributed by atoms with Crippen molar-refractivity contribution >= 4 is 10.0 Å². The van der Waals surface area contributed by atoms with Crippen LogP contribution in [0.2, 0.25) is 0 Å². The summed E-state index contributed by atoms with van der Waals surface area (Å²) in [6.07, 6.45) is 3.12. The van der Waals surface area contributed by atoms with E-state index in [2.05, 4.69) is 15.1 Å². The van der Waals surface area contributed by atoms with Crippen LogP contribution in [0.4, 0.5) is 4.39 Å². The molecule has 1 saturated heterocycles. The number of sulfonamides is 1. The molecule has 28 heavy (non-hydrogen) atoms. The first kappa shape index (κ1) is 18.7. The highest BCUT2D eigenvalue weighted by Crippen LogP contribution is 2.37. The van der Waals surface area contributed by atoms with Crippen LogP contribution in [0.15, 0.2) is 59.4 Å². The fraction of sp³-hybridized carbons (Fsp3) is 0.316. The van der Waals surface area contributed by atoms with Crippen molar-refractivity contribution < 1.29 is 17.3 Å². The average Bonchev–Trinajstić information content (AvgIpc) is 3.21. The van der Waals surface area contributed by atoms with Gasteiger partial charge in [-0.1, -0.05) is 35.5 Å². The van der Waals surface area contributed by atoms with Crippen molar-refractivity contribution in [2.45, 2.75) is 24.3 Å².